The average molecular weight is 372 g/mol. The van der Waals surface area contributed by atoms with Crippen molar-refractivity contribution in [2.24, 2.45) is 16.5 Å². The third kappa shape index (κ3) is 7.01. The zero-order valence-corrected chi connectivity index (χ0v) is 14.9. The smallest absolute Gasteiger partial charge is 0.389 e. The molecule has 1 aliphatic heterocycles. The van der Waals surface area contributed by atoms with Crippen LogP contribution in [0.3, 0.4) is 0 Å². The zero-order chi connectivity index (χ0) is 19.0. The van der Waals surface area contributed by atoms with Crippen LogP contribution in [0.2, 0.25) is 0 Å². The predicted octanol–water partition coefficient (Wildman–Crippen LogP) is 3.21. The molecule has 0 fully saturated rings. The van der Waals surface area contributed by atoms with Crippen molar-refractivity contribution >= 4 is 11.6 Å². The molecular formula is C18H27F3N4O. The van der Waals surface area contributed by atoms with Crippen LogP contribution >= 0.6 is 0 Å². The van der Waals surface area contributed by atoms with Crippen LogP contribution in [-0.2, 0) is 6.42 Å². The van der Waals surface area contributed by atoms with Crippen LogP contribution in [0.4, 0.5) is 18.9 Å². The highest BCUT2D eigenvalue weighted by atomic mass is 19.4. The number of fused-ring (bicyclic) bond motifs is 1. The number of nitrogens with two attached hydrogens (primary N) is 2. The summed E-state index contributed by atoms with van der Waals surface area (Å²) in [4.78, 5) is 5.96. The van der Waals surface area contributed by atoms with E-state index < -0.39 is 12.6 Å². The molecule has 0 unspecified atom stereocenters. The Balaban J connectivity index is 1.82. The number of aliphatic imine (C=N–C) groups is 1. The number of anilines is 1. The van der Waals surface area contributed by atoms with E-state index in [9.17, 15) is 13.2 Å². The van der Waals surface area contributed by atoms with Gasteiger partial charge < -0.3 is 21.1 Å². The average Bonchev–Trinajstić information content (AvgIpc) is 2.56. The Morgan fingerprint density at radius 1 is 1.19 bits per heavy atom. The normalized spacial score (nSPS) is 14.0. The molecule has 0 saturated heterocycles. The molecule has 1 heterocycles. The van der Waals surface area contributed by atoms with E-state index in [1.165, 1.54) is 0 Å². The maximum Gasteiger partial charge on any atom is 0.389 e. The number of nitrogens with zero attached hydrogens (tertiary/aromatic N) is 2. The molecule has 26 heavy (non-hydrogen) atoms. The molecule has 0 saturated carbocycles. The summed E-state index contributed by atoms with van der Waals surface area (Å²) in [5, 5.41) is 0. The largest absolute Gasteiger partial charge is 0.494 e. The Morgan fingerprint density at radius 3 is 2.73 bits per heavy atom. The van der Waals surface area contributed by atoms with Crippen LogP contribution < -0.4 is 21.1 Å². The van der Waals surface area contributed by atoms with Gasteiger partial charge in [-0.15, -0.1) is 0 Å². The van der Waals surface area contributed by atoms with Gasteiger partial charge in [0.05, 0.1) is 6.61 Å². The molecule has 146 valence electrons. The first-order valence-corrected chi connectivity index (χ1v) is 8.98. The van der Waals surface area contributed by atoms with E-state index in [1.54, 1.807) is 0 Å². The second-order valence-electron chi connectivity index (χ2n) is 6.46. The Kier molecular flexibility index (Phi) is 7.41. The second kappa shape index (κ2) is 9.54. The monoisotopic (exact) mass is 372 g/mol. The minimum absolute atomic E-state index is 0.0976. The van der Waals surface area contributed by atoms with E-state index in [1.807, 2.05) is 23.1 Å². The van der Waals surface area contributed by atoms with Gasteiger partial charge in [0.25, 0.3) is 0 Å². The number of guanidine groups is 1. The number of ether oxygens (including phenoxy) is 1. The SMILES string of the molecule is NC(N)=NCCCCOc1ccc2c(c1)CCCN2CCCC(F)(F)F. The second-order valence-corrected chi connectivity index (χ2v) is 6.46. The van der Waals surface area contributed by atoms with Crippen molar-refractivity contribution in [1.29, 1.82) is 0 Å². The van der Waals surface area contributed by atoms with Crippen molar-refractivity contribution in [1.82, 2.24) is 0 Å². The number of aryl methyl sites for hydroxylation is 1. The number of hydrogen-bond donors (Lipinski definition) is 2. The van der Waals surface area contributed by atoms with Crippen molar-refractivity contribution in [3.63, 3.8) is 0 Å². The molecular weight excluding hydrogens is 345 g/mol. The summed E-state index contributed by atoms with van der Waals surface area (Å²) in [6, 6.07) is 5.84. The van der Waals surface area contributed by atoms with Crippen molar-refractivity contribution in [2.75, 3.05) is 31.1 Å². The van der Waals surface area contributed by atoms with Crippen LogP contribution in [0.1, 0.15) is 37.7 Å². The van der Waals surface area contributed by atoms with Gasteiger partial charge in [0.2, 0.25) is 0 Å². The number of halogens is 3. The maximum atomic E-state index is 12.3. The summed E-state index contributed by atoms with van der Waals surface area (Å²) in [7, 11) is 0. The Morgan fingerprint density at radius 2 is 2.00 bits per heavy atom. The molecule has 0 spiro atoms. The van der Waals surface area contributed by atoms with Crippen LogP contribution in [-0.4, -0.2) is 38.4 Å². The number of rotatable bonds is 9. The molecule has 5 nitrogen and oxygen atoms in total. The molecule has 0 radical (unpaired) electrons. The van der Waals surface area contributed by atoms with Gasteiger partial charge in [-0.05, 0) is 55.9 Å². The number of benzene rings is 1. The Hall–Kier alpha value is -2.12. The Bertz CT molecular complexity index is 601. The third-order valence-corrected chi connectivity index (χ3v) is 4.27. The lowest BCUT2D eigenvalue weighted by Crippen LogP contribution is -2.31. The fourth-order valence-corrected chi connectivity index (χ4v) is 3.06. The van der Waals surface area contributed by atoms with Gasteiger partial charge in [-0.3, -0.25) is 4.99 Å². The summed E-state index contributed by atoms with van der Waals surface area (Å²) in [6.45, 7) is 2.39. The van der Waals surface area contributed by atoms with Crippen molar-refractivity contribution in [3.05, 3.63) is 23.8 Å². The Labute approximate surface area is 152 Å². The predicted molar refractivity (Wildman–Crippen MR) is 97.7 cm³/mol. The van der Waals surface area contributed by atoms with Gasteiger partial charge in [0.15, 0.2) is 5.96 Å². The van der Waals surface area contributed by atoms with E-state index in [-0.39, 0.29) is 12.4 Å². The van der Waals surface area contributed by atoms with Gasteiger partial charge in [0.1, 0.15) is 5.75 Å². The minimum Gasteiger partial charge on any atom is -0.494 e. The summed E-state index contributed by atoms with van der Waals surface area (Å²) in [5.41, 5.74) is 12.7. The topological polar surface area (TPSA) is 76.9 Å². The van der Waals surface area contributed by atoms with Crippen molar-refractivity contribution < 1.29 is 17.9 Å². The van der Waals surface area contributed by atoms with Gasteiger partial charge in [-0.25, -0.2) is 0 Å². The summed E-state index contributed by atoms with van der Waals surface area (Å²) in [5.74, 6) is 0.892. The molecule has 1 aliphatic rings. The van der Waals surface area contributed by atoms with E-state index in [0.717, 1.165) is 49.2 Å². The van der Waals surface area contributed by atoms with Crippen LogP contribution in [0.15, 0.2) is 23.2 Å². The fourth-order valence-electron chi connectivity index (χ4n) is 3.06. The molecule has 0 bridgehead atoms. The first-order valence-electron chi connectivity index (χ1n) is 8.98. The molecule has 8 heteroatoms. The first kappa shape index (κ1) is 20.2. The standard InChI is InChI=1S/C18H27F3N4O/c19-18(20,21)8-4-11-25-10-3-5-14-13-15(6-7-16(14)25)26-12-2-1-9-24-17(22)23/h6-7,13H,1-5,8-12H2,(H4,22,23,24). The molecule has 1 aromatic carbocycles. The lowest BCUT2D eigenvalue weighted by atomic mass is 10.0. The fraction of sp³-hybridized carbons (Fsp3) is 0.611. The van der Waals surface area contributed by atoms with Crippen molar-refractivity contribution in [3.8, 4) is 5.75 Å². The summed E-state index contributed by atoms with van der Waals surface area (Å²) >= 11 is 0. The zero-order valence-electron chi connectivity index (χ0n) is 14.9. The lowest BCUT2D eigenvalue weighted by Gasteiger charge is -2.31. The molecule has 0 aliphatic carbocycles. The first-order chi connectivity index (χ1) is 12.3. The molecule has 0 atom stereocenters. The quantitative estimate of drug-likeness (QED) is 0.396. The minimum atomic E-state index is -4.09. The van der Waals surface area contributed by atoms with Gasteiger partial charge in [-0.2, -0.15) is 13.2 Å². The molecule has 0 amide bonds. The molecule has 0 aromatic heterocycles. The summed E-state index contributed by atoms with van der Waals surface area (Å²) in [6.07, 6.45) is -1.14. The highest BCUT2D eigenvalue weighted by molar-refractivity contribution is 5.75. The molecule has 2 rings (SSSR count). The summed E-state index contributed by atoms with van der Waals surface area (Å²) < 4.78 is 42.8. The number of unbranched alkanes of at least 4 members (excludes halogenated alkanes) is 1. The van der Waals surface area contributed by atoms with Gasteiger partial charge >= 0.3 is 6.18 Å². The third-order valence-electron chi connectivity index (χ3n) is 4.27. The van der Waals surface area contributed by atoms with Gasteiger partial charge in [-0.1, -0.05) is 0 Å². The van der Waals surface area contributed by atoms with Crippen molar-refractivity contribution in [2.45, 2.75) is 44.7 Å². The highest BCUT2D eigenvalue weighted by Crippen LogP contribution is 2.31. The molecule has 1 aromatic rings. The number of hydrogen-bond acceptors (Lipinski definition) is 3. The van der Waals surface area contributed by atoms with Crippen LogP contribution in [0.25, 0.3) is 0 Å². The maximum absolute atomic E-state index is 12.3. The van der Waals surface area contributed by atoms with E-state index in [0.29, 0.717) is 19.7 Å². The van der Waals surface area contributed by atoms with E-state index in [4.69, 9.17) is 16.2 Å². The van der Waals surface area contributed by atoms with Crippen LogP contribution in [0.5, 0.6) is 5.75 Å². The van der Waals surface area contributed by atoms with Crippen LogP contribution in [0, 0.1) is 0 Å². The highest BCUT2D eigenvalue weighted by Gasteiger charge is 2.27. The molecule has 4 N–H and O–H groups in total. The number of alkyl halides is 3. The van der Waals surface area contributed by atoms with E-state index in [2.05, 4.69) is 4.99 Å². The van der Waals surface area contributed by atoms with E-state index >= 15 is 0 Å². The van der Waals surface area contributed by atoms with Gasteiger partial charge in [0, 0.05) is 31.7 Å². The lowest BCUT2D eigenvalue weighted by molar-refractivity contribution is -0.135.